The standard InChI is InChI=1S/C47H68N4O8S/c1-9-32(4)38(27-42(52)40-17-13-14-22-50(40)6)46(54)51(23-24-57-7)41(31(2)3)28-43(59-30-58-8)45-49-39(29-60-45)44(53)48-37(25-33(5)47(55)56)26-34-18-20-36(21-19-34)35-15-11-10-12-16-35/h10-12,15-16,18-21,29,31-33,37-38,40-41,43H,9,13-14,17,22-28,30H2,1-8H3,(H,48,53)(H,55,56). The molecule has 1 saturated heterocycles. The number of likely N-dealkylation sites (tertiary alicyclic amines) is 1. The second kappa shape index (κ2) is 24.4. The van der Waals surface area contributed by atoms with Gasteiger partial charge in [-0.2, -0.15) is 0 Å². The van der Waals surface area contributed by atoms with Gasteiger partial charge in [0.15, 0.2) is 5.78 Å². The highest BCUT2D eigenvalue weighted by atomic mass is 32.1. The Bertz CT molecular complexity index is 1790. The van der Waals surface area contributed by atoms with Gasteiger partial charge in [-0.3, -0.25) is 24.1 Å². The van der Waals surface area contributed by atoms with Crippen molar-refractivity contribution in [2.24, 2.45) is 23.7 Å². The Kier molecular flexibility index (Phi) is 19.8. The van der Waals surface area contributed by atoms with Gasteiger partial charge in [-0.25, -0.2) is 4.98 Å². The molecule has 1 aliphatic rings. The average molecular weight is 849 g/mol. The quantitative estimate of drug-likeness (QED) is 0.0807. The first kappa shape index (κ1) is 48.7. The zero-order valence-electron chi connectivity index (χ0n) is 36.9. The molecule has 0 radical (unpaired) electrons. The summed E-state index contributed by atoms with van der Waals surface area (Å²) >= 11 is 1.29. The molecular weight excluding hydrogens is 781 g/mol. The summed E-state index contributed by atoms with van der Waals surface area (Å²) in [6, 6.07) is 17.2. The minimum Gasteiger partial charge on any atom is -0.481 e. The molecule has 0 bridgehead atoms. The molecule has 3 aromatic rings. The minimum absolute atomic E-state index is 0.00122. The van der Waals surface area contributed by atoms with Gasteiger partial charge >= 0.3 is 5.97 Å². The molecule has 4 rings (SSSR count). The molecule has 0 spiro atoms. The fourth-order valence-electron chi connectivity index (χ4n) is 8.13. The first-order valence-electron chi connectivity index (χ1n) is 21.5. The summed E-state index contributed by atoms with van der Waals surface area (Å²) in [5, 5.41) is 15.1. The summed E-state index contributed by atoms with van der Waals surface area (Å²) < 4.78 is 17.1. The zero-order valence-corrected chi connectivity index (χ0v) is 37.7. The van der Waals surface area contributed by atoms with E-state index in [1.807, 2.05) is 66.5 Å². The Hall–Kier alpha value is -4.01. The molecular formula is C47H68N4O8S. The predicted octanol–water partition coefficient (Wildman–Crippen LogP) is 7.92. The molecule has 12 nitrogen and oxygen atoms in total. The summed E-state index contributed by atoms with van der Waals surface area (Å²) in [5.41, 5.74) is 3.33. The van der Waals surface area contributed by atoms with E-state index in [4.69, 9.17) is 19.2 Å². The molecule has 7 atom stereocenters. The highest BCUT2D eigenvalue weighted by Gasteiger charge is 2.38. The average Bonchev–Trinajstić information content (AvgIpc) is 3.74. The number of thiazole rings is 1. The van der Waals surface area contributed by atoms with Crippen molar-refractivity contribution in [3.63, 3.8) is 0 Å². The Morgan fingerprint density at radius 2 is 1.67 bits per heavy atom. The van der Waals surface area contributed by atoms with Crippen molar-refractivity contribution in [3.05, 3.63) is 76.2 Å². The Morgan fingerprint density at radius 3 is 2.28 bits per heavy atom. The molecule has 330 valence electrons. The van der Waals surface area contributed by atoms with Crippen molar-refractivity contribution >= 4 is 34.9 Å². The summed E-state index contributed by atoms with van der Waals surface area (Å²) in [7, 11) is 5.15. The van der Waals surface area contributed by atoms with Crippen LogP contribution in [0.1, 0.15) is 107 Å². The molecule has 13 heteroatoms. The highest BCUT2D eigenvalue weighted by molar-refractivity contribution is 7.09. The van der Waals surface area contributed by atoms with Gasteiger partial charge in [-0.1, -0.05) is 102 Å². The number of hydrogen-bond donors (Lipinski definition) is 2. The third kappa shape index (κ3) is 14.0. The Balaban J connectivity index is 1.56. The van der Waals surface area contributed by atoms with E-state index in [-0.39, 0.29) is 60.9 Å². The molecule has 0 aliphatic carbocycles. The number of carboxylic acids is 1. The van der Waals surface area contributed by atoms with Crippen LogP contribution in [0.5, 0.6) is 0 Å². The van der Waals surface area contributed by atoms with Crippen LogP contribution in [0.25, 0.3) is 11.1 Å². The lowest BCUT2D eigenvalue weighted by atomic mass is 9.82. The number of aliphatic carboxylic acids is 1. The van der Waals surface area contributed by atoms with Crippen LogP contribution >= 0.6 is 11.3 Å². The first-order valence-corrected chi connectivity index (χ1v) is 22.4. The van der Waals surface area contributed by atoms with Crippen LogP contribution in [0.15, 0.2) is 60.0 Å². The fourth-order valence-corrected chi connectivity index (χ4v) is 8.99. The van der Waals surface area contributed by atoms with Crippen LogP contribution in [0.4, 0.5) is 0 Å². The number of hydrogen-bond acceptors (Lipinski definition) is 10. The number of benzene rings is 2. The smallest absolute Gasteiger partial charge is 0.306 e. The molecule has 1 aliphatic heterocycles. The van der Waals surface area contributed by atoms with Crippen LogP contribution in [0.2, 0.25) is 0 Å². The van der Waals surface area contributed by atoms with Crippen molar-refractivity contribution in [3.8, 4) is 11.1 Å². The molecule has 0 saturated carbocycles. The number of methoxy groups -OCH3 is 2. The largest absolute Gasteiger partial charge is 0.481 e. The summed E-state index contributed by atoms with van der Waals surface area (Å²) in [6.07, 6.45) is 4.28. The molecule has 2 heterocycles. The van der Waals surface area contributed by atoms with Gasteiger partial charge < -0.3 is 29.5 Å². The Labute approximate surface area is 361 Å². The normalized spacial score (nSPS) is 17.6. The van der Waals surface area contributed by atoms with E-state index in [1.54, 1.807) is 19.4 Å². The Morgan fingerprint density at radius 1 is 0.967 bits per heavy atom. The van der Waals surface area contributed by atoms with E-state index in [0.29, 0.717) is 31.0 Å². The van der Waals surface area contributed by atoms with Gasteiger partial charge in [0.1, 0.15) is 23.6 Å². The van der Waals surface area contributed by atoms with E-state index in [2.05, 4.69) is 37.9 Å². The number of aromatic nitrogens is 1. The monoisotopic (exact) mass is 848 g/mol. The third-order valence-electron chi connectivity index (χ3n) is 12.0. The topological polar surface area (TPSA) is 148 Å². The highest BCUT2D eigenvalue weighted by Crippen LogP contribution is 2.33. The number of amides is 2. The fraction of sp³-hybridized carbons (Fsp3) is 0.596. The molecule has 2 aromatic carbocycles. The number of nitrogens with zero attached hydrogens (tertiary/aromatic N) is 3. The van der Waals surface area contributed by atoms with Crippen LogP contribution < -0.4 is 5.32 Å². The number of carbonyl (C=O) groups excluding carboxylic acids is 3. The number of likely N-dealkylation sites (N-methyl/N-ethyl adjacent to an activating group) is 1. The van der Waals surface area contributed by atoms with E-state index in [9.17, 15) is 24.3 Å². The lowest BCUT2D eigenvalue weighted by molar-refractivity contribution is -0.146. The molecule has 60 heavy (non-hydrogen) atoms. The predicted molar refractivity (Wildman–Crippen MR) is 236 cm³/mol. The SMILES string of the molecule is CCC(C)C(CC(=O)C1CCCCN1C)C(=O)N(CCOC)C(CC(OCOC)c1nc(C(=O)NC(Cc2ccc(-c3ccccc3)cc2)CC(C)C(=O)O)cs1)C(C)C. The van der Waals surface area contributed by atoms with E-state index >= 15 is 0 Å². The van der Waals surface area contributed by atoms with E-state index < -0.39 is 35.9 Å². The maximum Gasteiger partial charge on any atom is 0.306 e. The van der Waals surface area contributed by atoms with Gasteiger partial charge in [-0.15, -0.1) is 11.3 Å². The van der Waals surface area contributed by atoms with Crippen molar-refractivity contribution < 1.29 is 38.5 Å². The van der Waals surface area contributed by atoms with Gasteiger partial charge in [0.25, 0.3) is 5.91 Å². The van der Waals surface area contributed by atoms with Crippen molar-refractivity contribution in [1.82, 2.24) is 20.1 Å². The lowest BCUT2D eigenvalue weighted by Gasteiger charge is -2.40. The number of carbonyl (C=O) groups is 4. The number of piperidine rings is 1. The number of ketones is 1. The van der Waals surface area contributed by atoms with Gasteiger partial charge in [0, 0.05) is 57.0 Å². The van der Waals surface area contributed by atoms with Crippen LogP contribution in [0, 0.1) is 23.7 Å². The van der Waals surface area contributed by atoms with Gasteiger partial charge in [0.05, 0.1) is 18.6 Å². The number of carboxylic acid groups (broad SMARTS) is 1. The molecule has 2 N–H and O–H groups in total. The maximum absolute atomic E-state index is 14.8. The lowest BCUT2D eigenvalue weighted by Crippen LogP contribution is -2.50. The summed E-state index contributed by atoms with van der Waals surface area (Å²) in [4.78, 5) is 63.1. The minimum atomic E-state index is -0.931. The molecule has 2 amide bonds. The molecule has 1 fully saturated rings. The third-order valence-corrected chi connectivity index (χ3v) is 12.9. The number of nitrogens with one attached hydrogen (secondary N) is 1. The number of rotatable bonds is 25. The second-order valence-electron chi connectivity index (χ2n) is 16.8. The maximum atomic E-state index is 14.8. The van der Waals surface area contributed by atoms with Crippen LogP contribution in [-0.2, 0) is 35.0 Å². The van der Waals surface area contributed by atoms with Crippen LogP contribution in [0.3, 0.4) is 0 Å². The van der Waals surface area contributed by atoms with Gasteiger partial charge in [-0.05, 0) is 67.8 Å². The molecule has 1 aromatic heterocycles. The zero-order chi connectivity index (χ0) is 43.8. The van der Waals surface area contributed by atoms with Crippen LogP contribution in [-0.4, -0.2) is 109 Å². The van der Waals surface area contributed by atoms with Crippen molar-refractivity contribution in [2.75, 3.05) is 47.8 Å². The summed E-state index contributed by atoms with van der Waals surface area (Å²) in [6.45, 7) is 11.4. The van der Waals surface area contributed by atoms with E-state index in [1.165, 1.54) is 18.4 Å². The number of Topliss-reactive ketones (excluding diaryl/α,β-unsaturated/α-hetero) is 1. The van der Waals surface area contributed by atoms with E-state index in [0.717, 1.165) is 48.9 Å². The first-order chi connectivity index (χ1) is 28.8. The van der Waals surface area contributed by atoms with Gasteiger partial charge in [0.2, 0.25) is 5.91 Å². The second-order valence-corrected chi connectivity index (χ2v) is 17.7. The summed E-state index contributed by atoms with van der Waals surface area (Å²) in [5.74, 6) is -2.45. The van der Waals surface area contributed by atoms with Crippen molar-refractivity contribution in [2.45, 2.75) is 110 Å². The van der Waals surface area contributed by atoms with Crippen molar-refractivity contribution in [1.29, 1.82) is 0 Å². The number of ether oxygens (including phenoxy) is 3. The molecule has 7 unspecified atom stereocenters.